The van der Waals surface area contributed by atoms with Crippen LogP contribution in [0.1, 0.15) is 11.1 Å². The van der Waals surface area contributed by atoms with Crippen molar-refractivity contribution in [3.05, 3.63) is 71.9 Å². The van der Waals surface area contributed by atoms with E-state index in [0.29, 0.717) is 17.1 Å². The fourth-order valence-electron chi connectivity index (χ4n) is 2.35. The smallest absolute Gasteiger partial charge is 0.263 e. The molecule has 11 heteroatoms. The van der Waals surface area contributed by atoms with Crippen LogP contribution >= 0.6 is 11.6 Å². The summed E-state index contributed by atoms with van der Waals surface area (Å²) < 4.78 is 28.9. The number of hydrogen-bond acceptors (Lipinski definition) is 7. The Morgan fingerprint density at radius 2 is 2.21 bits per heavy atom. The maximum Gasteiger partial charge on any atom is 0.263 e. The molecule has 3 rings (SSSR count). The summed E-state index contributed by atoms with van der Waals surface area (Å²) in [4.78, 5) is 12.2. The minimum absolute atomic E-state index is 0.0207. The Morgan fingerprint density at radius 1 is 1.41 bits per heavy atom. The number of rotatable bonds is 6. The molecule has 0 atom stereocenters. The van der Waals surface area contributed by atoms with Gasteiger partial charge in [-0.2, -0.15) is 10.4 Å². The van der Waals surface area contributed by atoms with Crippen molar-refractivity contribution in [1.29, 1.82) is 5.26 Å². The zero-order valence-corrected chi connectivity index (χ0v) is 16.7. The van der Waals surface area contributed by atoms with Crippen molar-refractivity contribution >= 4 is 38.8 Å². The van der Waals surface area contributed by atoms with Crippen LogP contribution in [0.3, 0.4) is 0 Å². The molecule has 0 aromatic carbocycles. The molecule has 29 heavy (non-hydrogen) atoms. The number of aromatic nitrogens is 4. The summed E-state index contributed by atoms with van der Waals surface area (Å²) in [7, 11) is -2.27. The Morgan fingerprint density at radius 3 is 2.86 bits per heavy atom. The van der Waals surface area contributed by atoms with E-state index in [1.807, 2.05) is 6.07 Å². The van der Waals surface area contributed by atoms with E-state index in [1.165, 1.54) is 53.7 Å². The highest BCUT2D eigenvalue weighted by Gasteiger charge is 2.18. The number of aryl methyl sites for hydroxylation is 1. The van der Waals surface area contributed by atoms with Gasteiger partial charge in [-0.15, -0.1) is 0 Å². The highest BCUT2D eigenvalue weighted by Crippen LogP contribution is 2.25. The maximum absolute atomic E-state index is 12.6. The van der Waals surface area contributed by atoms with Crippen molar-refractivity contribution in [3.63, 3.8) is 0 Å². The summed E-state index contributed by atoms with van der Waals surface area (Å²) in [5.74, 6) is 0.329. The average Bonchev–Trinajstić information content (AvgIpc) is 3.07. The molecule has 0 radical (unpaired) electrons. The second-order valence-electron chi connectivity index (χ2n) is 5.68. The third-order valence-electron chi connectivity index (χ3n) is 3.77. The molecule has 0 aliphatic heterocycles. The van der Waals surface area contributed by atoms with Gasteiger partial charge < -0.3 is 0 Å². The van der Waals surface area contributed by atoms with E-state index in [1.54, 1.807) is 7.05 Å². The van der Waals surface area contributed by atoms with E-state index in [4.69, 9.17) is 11.6 Å². The number of halogens is 1. The van der Waals surface area contributed by atoms with Crippen LogP contribution in [0.25, 0.3) is 0 Å². The minimum atomic E-state index is -3.91. The summed E-state index contributed by atoms with van der Waals surface area (Å²) in [5.41, 5.74) is 1.15. The third kappa shape index (κ3) is 4.31. The predicted molar refractivity (Wildman–Crippen MR) is 109 cm³/mol. The van der Waals surface area contributed by atoms with Crippen LogP contribution in [0.4, 0.5) is 11.5 Å². The van der Waals surface area contributed by atoms with Gasteiger partial charge >= 0.3 is 0 Å². The topological polar surface area (TPSA) is 126 Å². The molecule has 3 aromatic heterocycles. The molecular formula is C18H14ClN7O2S. The minimum Gasteiger partial charge on any atom is -0.276 e. The number of anilines is 1. The van der Waals surface area contributed by atoms with Gasteiger partial charge in [0.2, 0.25) is 0 Å². The molecule has 9 nitrogen and oxygen atoms in total. The molecule has 0 fully saturated rings. The number of pyridine rings is 2. The molecule has 0 spiro atoms. The summed E-state index contributed by atoms with van der Waals surface area (Å²) in [5, 5.41) is 13.2. The molecule has 0 aliphatic carbocycles. The van der Waals surface area contributed by atoms with Crippen molar-refractivity contribution in [2.75, 3.05) is 4.72 Å². The molecule has 0 unspecified atom stereocenters. The molecule has 1 N–H and O–H groups in total. The van der Waals surface area contributed by atoms with Crippen LogP contribution in [0.5, 0.6) is 0 Å². The Kier molecular flexibility index (Phi) is 5.72. The number of allylic oxidation sites excluding steroid dienone is 1. The maximum atomic E-state index is 12.6. The molecule has 0 saturated carbocycles. The quantitative estimate of drug-likeness (QED) is 0.476. The van der Waals surface area contributed by atoms with E-state index < -0.39 is 10.0 Å². The molecule has 0 amide bonds. The number of aliphatic imine (C=N–C) groups is 1. The zero-order chi connectivity index (χ0) is 21.0. The van der Waals surface area contributed by atoms with Crippen LogP contribution in [0.2, 0.25) is 5.15 Å². The van der Waals surface area contributed by atoms with Crippen LogP contribution in [0, 0.1) is 11.3 Å². The second kappa shape index (κ2) is 8.22. The van der Waals surface area contributed by atoms with E-state index in [9.17, 15) is 13.7 Å². The fourth-order valence-corrected chi connectivity index (χ4v) is 3.58. The Labute approximate surface area is 172 Å². The number of nitriles is 1. The first-order valence-electron chi connectivity index (χ1n) is 8.07. The van der Waals surface area contributed by atoms with Crippen LogP contribution in [-0.2, 0) is 17.1 Å². The first kappa shape index (κ1) is 20.2. The molecule has 3 aromatic rings. The number of hydrogen-bond donors (Lipinski definition) is 1. The van der Waals surface area contributed by atoms with Gasteiger partial charge in [-0.05, 0) is 24.3 Å². The lowest BCUT2D eigenvalue weighted by Crippen LogP contribution is -2.14. The molecule has 0 saturated heterocycles. The van der Waals surface area contributed by atoms with Gasteiger partial charge in [0.05, 0.1) is 17.6 Å². The van der Waals surface area contributed by atoms with Gasteiger partial charge in [0.25, 0.3) is 10.0 Å². The number of nitrogens with one attached hydrogen (secondary N) is 1. The second-order valence-corrected chi connectivity index (χ2v) is 7.72. The first-order valence-corrected chi connectivity index (χ1v) is 9.94. The summed E-state index contributed by atoms with van der Waals surface area (Å²) in [6.07, 6.45) is 6.96. The summed E-state index contributed by atoms with van der Waals surface area (Å²) in [6, 6.07) is 6.40. The van der Waals surface area contributed by atoms with Gasteiger partial charge in [0.15, 0.2) is 11.0 Å². The van der Waals surface area contributed by atoms with Gasteiger partial charge in [-0.1, -0.05) is 18.2 Å². The Hall–Kier alpha value is -3.55. The third-order valence-corrected chi connectivity index (χ3v) is 5.42. The van der Waals surface area contributed by atoms with Crippen LogP contribution < -0.4 is 4.72 Å². The van der Waals surface area contributed by atoms with Gasteiger partial charge in [-0.25, -0.2) is 23.1 Å². The largest absolute Gasteiger partial charge is 0.276 e. The highest BCUT2D eigenvalue weighted by atomic mass is 35.5. The standard InChI is InChI=1S/C18H14ClN7O2S/c1-3-15(24-18-13(8-20)10-23-26(18)2)12-7-16(17(19)22-9-12)25-29(27,28)14-5-4-6-21-11-14/h3-7,9-11,25H,1H2,2H3/b24-15+. The SMILES string of the molecule is C=C/C(=N\c1c(C#N)cnn1C)c1cnc(Cl)c(NS(=O)(=O)c2cccnc2)c1. The van der Waals surface area contributed by atoms with Crippen molar-refractivity contribution < 1.29 is 8.42 Å². The molecule has 0 aliphatic rings. The van der Waals surface area contributed by atoms with E-state index in [-0.39, 0.29) is 21.3 Å². The van der Waals surface area contributed by atoms with Crippen molar-refractivity contribution in [2.45, 2.75) is 4.90 Å². The monoisotopic (exact) mass is 427 g/mol. The molecule has 3 heterocycles. The lowest BCUT2D eigenvalue weighted by atomic mass is 10.1. The zero-order valence-electron chi connectivity index (χ0n) is 15.1. The predicted octanol–water partition coefficient (Wildman–Crippen LogP) is 2.84. The van der Waals surface area contributed by atoms with Crippen molar-refractivity contribution in [3.8, 4) is 6.07 Å². The van der Waals surface area contributed by atoms with E-state index in [0.717, 1.165) is 0 Å². The van der Waals surface area contributed by atoms with E-state index >= 15 is 0 Å². The lowest BCUT2D eigenvalue weighted by Gasteiger charge is -2.11. The molecular weight excluding hydrogens is 414 g/mol. The highest BCUT2D eigenvalue weighted by molar-refractivity contribution is 7.92. The number of nitrogens with zero attached hydrogens (tertiary/aromatic N) is 6. The fraction of sp³-hybridized carbons (Fsp3) is 0.0556. The van der Waals surface area contributed by atoms with Crippen molar-refractivity contribution in [2.24, 2.45) is 12.0 Å². The molecule has 0 bridgehead atoms. The van der Waals surface area contributed by atoms with Gasteiger partial charge in [0, 0.05) is 31.2 Å². The number of sulfonamides is 1. The first-order chi connectivity index (χ1) is 13.9. The summed E-state index contributed by atoms with van der Waals surface area (Å²) in [6.45, 7) is 3.73. The lowest BCUT2D eigenvalue weighted by molar-refractivity contribution is 0.601. The molecule has 146 valence electrons. The Bertz CT molecular complexity index is 1240. The van der Waals surface area contributed by atoms with Crippen molar-refractivity contribution in [1.82, 2.24) is 19.7 Å². The summed E-state index contributed by atoms with van der Waals surface area (Å²) >= 11 is 6.08. The van der Waals surface area contributed by atoms with Gasteiger partial charge in [-0.3, -0.25) is 9.71 Å². The Balaban J connectivity index is 2.02. The average molecular weight is 428 g/mol. The van der Waals surface area contributed by atoms with E-state index in [2.05, 4.69) is 31.4 Å². The normalized spacial score (nSPS) is 11.7. The van der Waals surface area contributed by atoms with Crippen LogP contribution in [0.15, 0.2) is 65.5 Å². The van der Waals surface area contributed by atoms with Gasteiger partial charge in [0.1, 0.15) is 16.5 Å². The van der Waals surface area contributed by atoms with Crippen LogP contribution in [-0.4, -0.2) is 33.9 Å².